The van der Waals surface area contributed by atoms with Crippen molar-refractivity contribution < 1.29 is 0 Å². The zero-order valence-corrected chi connectivity index (χ0v) is 15.8. The SMILES string of the molecule is CC(c1cccc(Cl)c1)N1CN(c2ccncc2)c2cc3c(cc21)CC=N3. The van der Waals surface area contributed by atoms with Crippen LogP contribution in [0.15, 0.2) is 65.9 Å². The topological polar surface area (TPSA) is 31.7 Å². The average Bonchev–Trinajstić information content (AvgIpc) is 3.30. The second kappa shape index (κ2) is 6.39. The summed E-state index contributed by atoms with van der Waals surface area (Å²) in [6, 6.07) is 16.9. The lowest BCUT2D eigenvalue weighted by Gasteiger charge is -2.28. The van der Waals surface area contributed by atoms with Gasteiger partial charge in [-0.15, -0.1) is 0 Å². The quantitative estimate of drug-likeness (QED) is 0.592. The van der Waals surface area contributed by atoms with Gasteiger partial charge in [-0.2, -0.15) is 0 Å². The molecule has 0 radical (unpaired) electrons. The Kier molecular flexibility index (Phi) is 3.87. The number of aromatic nitrogens is 1. The molecule has 2 aromatic carbocycles. The summed E-state index contributed by atoms with van der Waals surface area (Å²) in [4.78, 5) is 13.5. The lowest BCUT2D eigenvalue weighted by Crippen LogP contribution is -2.30. The maximum atomic E-state index is 6.24. The molecule has 0 saturated heterocycles. The number of hydrogen-bond donors (Lipinski definition) is 0. The number of nitrogens with zero attached hydrogens (tertiary/aromatic N) is 4. The third-order valence-corrected chi connectivity index (χ3v) is 5.62. The van der Waals surface area contributed by atoms with Crippen molar-refractivity contribution >= 4 is 40.6 Å². The predicted molar refractivity (Wildman–Crippen MR) is 112 cm³/mol. The first-order chi connectivity index (χ1) is 13.2. The number of halogens is 1. The highest BCUT2D eigenvalue weighted by atomic mass is 35.5. The molecule has 0 saturated carbocycles. The predicted octanol–water partition coefficient (Wildman–Crippen LogP) is 5.67. The van der Waals surface area contributed by atoms with Crippen LogP contribution in [0.3, 0.4) is 0 Å². The minimum absolute atomic E-state index is 0.203. The van der Waals surface area contributed by atoms with Crippen LogP contribution in [0, 0.1) is 0 Å². The molecule has 5 rings (SSSR count). The highest BCUT2D eigenvalue weighted by molar-refractivity contribution is 6.30. The van der Waals surface area contributed by atoms with Crippen molar-refractivity contribution in [2.75, 3.05) is 16.5 Å². The fourth-order valence-corrected chi connectivity index (χ4v) is 4.11. The molecule has 0 N–H and O–H groups in total. The van der Waals surface area contributed by atoms with Crippen LogP contribution in [0.4, 0.5) is 22.7 Å². The van der Waals surface area contributed by atoms with Crippen LogP contribution in [0.1, 0.15) is 24.1 Å². The monoisotopic (exact) mass is 374 g/mol. The van der Waals surface area contributed by atoms with E-state index in [2.05, 4.69) is 51.0 Å². The molecule has 0 spiro atoms. The highest BCUT2D eigenvalue weighted by Crippen LogP contribution is 2.47. The molecule has 1 atom stereocenters. The molecular weight excluding hydrogens is 356 g/mol. The minimum atomic E-state index is 0.203. The van der Waals surface area contributed by atoms with Crippen LogP contribution in [0.5, 0.6) is 0 Å². The number of anilines is 3. The zero-order chi connectivity index (χ0) is 18.4. The number of benzene rings is 2. The Morgan fingerprint density at radius 1 is 1.04 bits per heavy atom. The van der Waals surface area contributed by atoms with E-state index in [0.717, 1.165) is 29.5 Å². The number of fused-ring (bicyclic) bond motifs is 2. The summed E-state index contributed by atoms with van der Waals surface area (Å²) in [5.74, 6) is 0. The first-order valence-electron chi connectivity index (χ1n) is 9.10. The largest absolute Gasteiger partial charge is 0.345 e. The van der Waals surface area contributed by atoms with Crippen molar-refractivity contribution in [2.45, 2.75) is 19.4 Å². The highest BCUT2D eigenvalue weighted by Gasteiger charge is 2.32. The van der Waals surface area contributed by atoms with Crippen molar-refractivity contribution in [3.63, 3.8) is 0 Å². The smallest absolute Gasteiger partial charge is 0.0958 e. The molecule has 1 unspecified atom stereocenters. The van der Waals surface area contributed by atoms with E-state index >= 15 is 0 Å². The molecule has 0 bridgehead atoms. The van der Waals surface area contributed by atoms with Crippen molar-refractivity contribution in [3.05, 3.63) is 77.1 Å². The van der Waals surface area contributed by atoms with Gasteiger partial charge in [-0.3, -0.25) is 9.98 Å². The molecule has 1 aromatic heterocycles. The molecule has 27 heavy (non-hydrogen) atoms. The van der Waals surface area contributed by atoms with Gasteiger partial charge in [0.25, 0.3) is 0 Å². The Hall–Kier alpha value is -2.85. The van der Waals surface area contributed by atoms with Crippen LogP contribution in [-0.4, -0.2) is 17.9 Å². The maximum absolute atomic E-state index is 6.24. The fourth-order valence-electron chi connectivity index (χ4n) is 3.91. The molecule has 2 aliphatic rings. The Labute approximate surface area is 163 Å². The zero-order valence-electron chi connectivity index (χ0n) is 15.0. The van der Waals surface area contributed by atoms with Gasteiger partial charge in [0.1, 0.15) is 0 Å². The maximum Gasteiger partial charge on any atom is 0.0958 e. The molecule has 0 fully saturated rings. The summed E-state index contributed by atoms with van der Waals surface area (Å²) in [7, 11) is 0. The Bertz CT molecular complexity index is 1030. The van der Waals surface area contributed by atoms with Crippen LogP contribution >= 0.6 is 11.6 Å². The Balaban J connectivity index is 1.61. The second-order valence-corrected chi connectivity index (χ2v) is 7.40. The van der Waals surface area contributed by atoms with Gasteiger partial charge in [-0.1, -0.05) is 23.7 Å². The van der Waals surface area contributed by atoms with E-state index < -0.39 is 0 Å². The molecule has 3 aromatic rings. The van der Waals surface area contributed by atoms with Gasteiger partial charge < -0.3 is 9.80 Å². The van der Waals surface area contributed by atoms with Crippen molar-refractivity contribution in [1.82, 2.24) is 4.98 Å². The first-order valence-corrected chi connectivity index (χ1v) is 9.47. The van der Waals surface area contributed by atoms with E-state index in [0.29, 0.717) is 0 Å². The summed E-state index contributed by atoms with van der Waals surface area (Å²) in [6.45, 7) is 3.01. The van der Waals surface area contributed by atoms with Crippen LogP contribution in [-0.2, 0) is 6.42 Å². The van der Waals surface area contributed by atoms with Crippen molar-refractivity contribution in [2.24, 2.45) is 4.99 Å². The van der Waals surface area contributed by atoms with Gasteiger partial charge in [0, 0.05) is 35.7 Å². The average molecular weight is 375 g/mol. The van der Waals surface area contributed by atoms with Crippen LogP contribution in [0.25, 0.3) is 0 Å². The van der Waals surface area contributed by atoms with E-state index in [1.165, 1.54) is 22.5 Å². The minimum Gasteiger partial charge on any atom is -0.345 e. The number of hydrogen-bond acceptors (Lipinski definition) is 4. The fraction of sp³-hybridized carbons (Fsp3) is 0.182. The summed E-state index contributed by atoms with van der Waals surface area (Å²) >= 11 is 6.24. The molecule has 0 amide bonds. The Morgan fingerprint density at radius 3 is 2.70 bits per heavy atom. The van der Waals surface area contributed by atoms with Gasteiger partial charge in [0.15, 0.2) is 0 Å². The van der Waals surface area contributed by atoms with Crippen molar-refractivity contribution in [1.29, 1.82) is 0 Å². The van der Waals surface area contributed by atoms with Gasteiger partial charge in [0.2, 0.25) is 0 Å². The lowest BCUT2D eigenvalue weighted by atomic mass is 10.1. The van der Waals surface area contributed by atoms with Crippen molar-refractivity contribution in [3.8, 4) is 0 Å². The molecule has 2 aliphatic heterocycles. The molecular formula is C22H19ClN4. The van der Waals surface area contributed by atoms with E-state index in [1.54, 1.807) is 0 Å². The molecule has 0 aliphatic carbocycles. The van der Waals surface area contributed by atoms with E-state index in [1.807, 2.05) is 42.9 Å². The van der Waals surface area contributed by atoms with Crippen LogP contribution in [0.2, 0.25) is 5.02 Å². The standard InChI is InChI=1S/C22H19ClN4/c1-15(16-3-2-4-18(23)11-16)26-14-27(19-6-8-24-9-7-19)22-13-20-17(5-10-25-20)12-21(22)26/h2-4,6-13,15H,5,14H2,1H3. The molecule has 134 valence electrons. The van der Waals surface area contributed by atoms with Gasteiger partial charge >= 0.3 is 0 Å². The summed E-state index contributed by atoms with van der Waals surface area (Å²) in [6.07, 6.45) is 6.56. The molecule has 4 nitrogen and oxygen atoms in total. The molecule has 5 heteroatoms. The summed E-state index contributed by atoms with van der Waals surface area (Å²) in [5, 5.41) is 0.770. The van der Waals surface area contributed by atoms with Gasteiger partial charge in [-0.25, -0.2) is 0 Å². The third-order valence-electron chi connectivity index (χ3n) is 5.38. The second-order valence-electron chi connectivity index (χ2n) is 6.96. The summed E-state index contributed by atoms with van der Waals surface area (Å²) in [5.41, 5.74) is 7.13. The lowest BCUT2D eigenvalue weighted by molar-refractivity contribution is 0.696. The number of aliphatic imine (C=N–C) groups is 1. The van der Waals surface area contributed by atoms with Gasteiger partial charge in [0.05, 0.1) is 29.8 Å². The molecule has 3 heterocycles. The van der Waals surface area contributed by atoms with Crippen LogP contribution < -0.4 is 9.80 Å². The number of rotatable bonds is 3. The normalized spacial score (nSPS) is 15.8. The summed E-state index contributed by atoms with van der Waals surface area (Å²) < 4.78 is 0. The third kappa shape index (κ3) is 2.77. The van der Waals surface area contributed by atoms with E-state index in [4.69, 9.17) is 11.6 Å². The first kappa shape index (κ1) is 16.3. The van der Waals surface area contributed by atoms with E-state index in [9.17, 15) is 0 Å². The van der Waals surface area contributed by atoms with E-state index in [-0.39, 0.29) is 6.04 Å². The number of pyridine rings is 1. The van der Waals surface area contributed by atoms with Gasteiger partial charge in [-0.05, 0) is 54.4 Å². The Morgan fingerprint density at radius 2 is 1.89 bits per heavy atom.